The van der Waals surface area contributed by atoms with Gasteiger partial charge in [0.2, 0.25) is 0 Å². The van der Waals surface area contributed by atoms with Crippen LogP contribution in [0, 0.1) is 5.92 Å². The normalized spacial score (nSPS) is 19.1. The molecule has 1 aromatic rings. The molecule has 90 valence electrons. The highest BCUT2D eigenvalue weighted by atomic mass is 35.5. The fourth-order valence-electron chi connectivity index (χ4n) is 2.26. The number of alkyl halides is 1. The molecule has 0 bridgehead atoms. The van der Waals surface area contributed by atoms with Crippen molar-refractivity contribution in [3.8, 4) is 0 Å². The second kappa shape index (κ2) is 6.26. The van der Waals surface area contributed by atoms with Crippen LogP contribution in [0.2, 0.25) is 0 Å². The van der Waals surface area contributed by atoms with Crippen molar-refractivity contribution in [1.29, 1.82) is 0 Å². The van der Waals surface area contributed by atoms with Gasteiger partial charge in [-0.1, -0.05) is 0 Å². The molecule has 0 aromatic carbocycles. The average molecular weight is 242 g/mol. The van der Waals surface area contributed by atoms with Gasteiger partial charge in [0, 0.05) is 24.8 Å². The quantitative estimate of drug-likeness (QED) is 0.738. The van der Waals surface area contributed by atoms with Crippen molar-refractivity contribution < 1.29 is 0 Å². The zero-order chi connectivity index (χ0) is 11.2. The van der Waals surface area contributed by atoms with E-state index in [1.165, 1.54) is 38.9 Å². The number of hydrogen-bond acceptors (Lipinski definition) is 2. The van der Waals surface area contributed by atoms with Crippen molar-refractivity contribution in [3.63, 3.8) is 0 Å². The van der Waals surface area contributed by atoms with Gasteiger partial charge in [-0.05, 0) is 44.8 Å². The maximum Gasteiger partial charge on any atom is 0.0945 e. The van der Waals surface area contributed by atoms with Crippen molar-refractivity contribution in [1.82, 2.24) is 14.5 Å². The fraction of sp³-hybridized carbons (Fsp3) is 0.750. The molecule has 3 nitrogen and oxygen atoms in total. The molecule has 4 heteroatoms. The lowest BCUT2D eigenvalue weighted by Crippen LogP contribution is -2.35. The number of hydrogen-bond donors (Lipinski definition) is 0. The molecule has 2 rings (SSSR count). The average Bonchev–Trinajstić information content (AvgIpc) is 2.83. The third-order valence-corrected chi connectivity index (χ3v) is 3.81. The third kappa shape index (κ3) is 3.49. The molecule has 2 heterocycles. The van der Waals surface area contributed by atoms with Crippen LogP contribution in [0.1, 0.15) is 19.3 Å². The molecule has 0 radical (unpaired) electrons. The summed E-state index contributed by atoms with van der Waals surface area (Å²) in [5, 5.41) is 0. The maximum atomic E-state index is 5.87. The number of aromatic nitrogens is 2. The van der Waals surface area contributed by atoms with E-state index in [-0.39, 0.29) is 0 Å². The molecule has 0 atom stereocenters. The largest absolute Gasteiger partial charge is 0.337 e. The standard InChI is InChI=1S/C12H20ClN3/c13-10-12-2-7-15(8-3-12)5-1-6-16-9-4-14-11-16/h4,9,11-12H,1-3,5-8,10H2. The van der Waals surface area contributed by atoms with Crippen LogP contribution in [0.3, 0.4) is 0 Å². The van der Waals surface area contributed by atoms with Gasteiger partial charge < -0.3 is 9.47 Å². The first-order chi connectivity index (χ1) is 7.88. The summed E-state index contributed by atoms with van der Waals surface area (Å²) in [4.78, 5) is 6.60. The Kier molecular flexibility index (Phi) is 4.67. The summed E-state index contributed by atoms with van der Waals surface area (Å²) in [6.07, 6.45) is 9.51. The molecule has 1 aliphatic heterocycles. The van der Waals surface area contributed by atoms with E-state index in [2.05, 4.69) is 14.5 Å². The Morgan fingerprint density at radius 1 is 1.25 bits per heavy atom. The van der Waals surface area contributed by atoms with E-state index < -0.39 is 0 Å². The van der Waals surface area contributed by atoms with E-state index in [4.69, 9.17) is 11.6 Å². The van der Waals surface area contributed by atoms with Gasteiger partial charge in [0.1, 0.15) is 0 Å². The van der Waals surface area contributed by atoms with Gasteiger partial charge in [-0.15, -0.1) is 11.6 Å². The minimum atomic E-state index is 0.756. The van der Waals surface area contributed by atoms with E-state index in [1.807, 2.05) is 18.7 Å². The highest BCUT2D eigenvalue weighted by molar-refractivity contribution is 6.18. The van der Waals surface area contributed by atoms with Gasteiger partial charge >= 0.3 is 0 Å². The number of aryl methyl sites for hydroxylation is 1. The summed E-state index contributed by atoms with van der Waals surface area (Å²) in [7, 11) is 0. The van der Waals surface area contributed by atoms with E-state index in [0.29, 0.717) is 0 Å². The number of halogens is 1. The number of nitrogens with zero attached hydrogens (tertiary/aromatic N) is 3. The minimum Gasteiger partial charge on any atom is -0.337 e. The SMILES string of the molecule is ClCC1CCN(CCCn2ccnc2)CC1. The van der Waals surface area contributed by atoms with Crippen LogP contribution in [0.4, 0.5) is 0 Å². The monoisotopic (exact) mass is 241 g/mol. The van der Waals surface area contributed by atoms with Gasteiger partial charge in [-0.3, -0.25) is 0 Å². The van der Waals surface area contributed by atoms with E-state index >= 15 is 0 Å². The Morgan fingerprint density at radius 3 is 2.69 bits per heavy atom. The van der Waals surface area contributed by atoms with E-state index in [1.54, 1.807) is 0 Å². The van der Waals surface area contributed by atoms with Crippen LogP contribution in [0.5, 0.6) is 0 Å². The maximum absolute atomic E-state index is 5.87. The number of imidazole rings is 1. The first-order valence-corrected chi connectivity index (χ1v) is 6.66. The second-order valence-corrected chi connectivity index (χ2v) is 4.90. The Morgan fingerprint density at radius 2 is 2.06 bits per heavy atom. The first kappa shape index (κ1) is 11.9. The molecule has 1 aromatic heterocycles. The van der Waals surface area contributed by atoms with Gasteiger partial charge in [0.15, 0.2) is 0 Å². The predicted octanol–water partition coefficient (Wildman–Crippen LogP) is 2.22. The smallest absolute Gasteiger partial charge is 0.0945 e. The van der Waals surface area contributed by atoms with E-state index in [9.17, 15) is 0 Å². The molecule has 0 saturated carbocycles. The second-order valence-electron chi connectivity index (χ2n) is 4.59. The first-order valence-electron chi connectivity index (χ1n) is 6.12. The van der Waals surface area contributed by atoms with Crippen LogP contribution in [-0.4, -0.2) is 40.0 Å². The fourth-order valence-corrected chi connectivity index (χ4v) is 2.57. The van der Waals surface area contributed by atoms with Gasteiger partial charge in [0.25, 0.3) is 0 Å². The molecule has 16 heavy (non-hydrogen) atoms. The molecule has 0 unspecified atom stereocenters. The molecule has 0 N–H and O–H groups in total. The lowest BCUT2D eigenvalue weighted by Gasteiger charge is -2.30. The van der Waals surface area contributed by atoms with E-state index in [0.717, 1.165) is 18.3 Å². The van der Waals surface area contributed by atoms with Gasteiger partial charge in [0.05, 0.1) is 6.33 Å². The Hall–Kier alpha value is -0.540. The lowest BCUT2D eigenvalue weighted by molar-refractivity contribution is 0.189. The summed E-state index contributed by atoms with van der Waals surface area (Å²) in [5.74, 6) is 1.59. The molecule has 1 fully saturated rings. The number of piperidine rings is 1. The molecule has 0 amide bonds. The molecule has 0 spiro atoms. The van der Waals surface area contributed by atoms with Crippen molar-refractivity contribution in [2.24, 2.45) is 5.92 Å². The highest BCUT2D eigenvalue weighted by Gasteiger charge is 2.17. The Balaban J connectivity index is 1.60. The lowest BCUT2D eigenvalue weighted by atomic mass is 9.99. The molecular formula is C12H20ClN3. The van der Waals surface area contributed by atoms with Crippen molar-refractivity contribution >= 4 is 11.6 Å². The zero-order valence-electron chi connectivity index (χ0n) is 9.69. The zero-order valence-corrected chi connectivity index (χ0v) is 10.4. The topological polar surface area (TPSA) is 21.1 Å². The third-order valence-electron chi connectivity index (χ3n) is 3.38. The van der Waals surface area contributed by atoms with Crippen LogP contribution in [0.15, 0.2) is 18.7 Å². The highest BCUT2D eigenvalue weighted by Crippen LogP contribution is 2.18. The van der Waals surface area contributed by atoms with Crippen LogP contribution < -0.4 is 0 Å². The predicted molar refractivity (Wildman–Crippen MR) is 66.7 cm³/mol. The van der Waals surface area contributed by atoms with Crippen molar-refractivity contribution in [3.05, 3.63) is 18.7 Å². The summed E-state index contributed by atoms with van der Waals surface area (Å²) < 4.78 is 2.14. The van der Waals surface area contributed by atoms with Crippen LogP contribution in [-0.2, 0) is 6.54 Å². The molecule has 1 saturated heterocycles. The summed E-state index contributed by atoms with van der Waals surface area (Å²) >= 11 is 5.87. The summed E-state index contributed by atoms with van der Waals surface area (Å²) in [6, 6.07) is 0. The Bertz CT molecular complexity index is 278. The molecule has 1 aliphatic rings. The summed E-state index contributed by atoms with van der Waals surface area (Å²) in [5.41, 5.74) is 0. The molecular weight excluding hydrogens is 222 g/mol. The van der Waals surface area contributed by atoms with Crippen LogP contribution >= 0.6 is 11.6 Å². The number of likely N-dealkylation sites (tertiary alicyclic amines) is 1. The van der Waals surface area contributed by atoms with Gasteiger partial charge in [-0.2, -0.15) is 0 Å². The molecule has 0 aliphatic carbocycles. The van der Waals surface area contributed by atoms with Crippen molar-refractivity contribution in [2.75, 3.05) is 25.5 Å². The van der Waals surface area contributed by atoms with Gasteiger partial charge in [-0.25, -0.2) is 4.98 Å². The minimum absolute atomic E-state index is 0.756. The van der Waals surface area contributed by atoms with Crippen LogP contribution in [0.25, 0.3) is 0 Å². The Labute approximate surface area is 102 Å². The van der Waals surface area contributed by atoms with Crippen molar-refractivity contribution in [2.45, 2.75) is 25.8 Å². The number of rotatable bonds is 5. The summed E-state index contributed by atoms with van der Waals surface area (Å²) in [6.45, 7) is 4.73.